The van der Waals surface area contributed by atoms with Crippen LogP contribution in [-0.2, 0) is 4.74 Å². The molecule has 0 fully saturated rings. The summed E-state index contributed by atoms with van der Waals surface area (Å²) in [5, 5.41) is 0. The third kappa shape index (κ3) is 10.2. The number of hydrogen-bond donors (Lipinski definition) is 0. The minimum Gasteiger partial charge on any atom is -0.381 e. The smallest absolute Gasteiger partial charge is 0.0469 e. The van der Waals surface area contributed by atoms with E-state index in [1.54, 1.807) is 0 Å². The van der Waals surface area contributed by atoms with Gasteiger partial charge in [0.1, 0.15) is 0 Å². The SMILES string of the molecule is C=C(CCCOCCCCC(C)C)C(C)C. The normalized spacial score (nSPS) is 11.4. The number of ether oxygens (including phenoxy) is 1. The molecule has 0 aliphatic carbocycles. The maximum Gasteiger partial charge on any atom is 0.0469 e. The maximum absolute atomic E-state index is 5.60. The van der Waals surface area contributed by atoms with Crippen LogP contribution in [0.3, 0.4) is 0 Å². The van der Waals surface area contributed by atoms with Crippen molar-refractivity contribution in [2.45, 2.75) is 59.8 Å². The maximum atomic E-state index is 5.60. The lowest BCUT2D eigenvalue weighted by molar-refractivity contribution is 0.127. The zero-order valence-electron chi connectivity index (χ0n) is 11.7. The van der Waals surface area contributed by atoms with Crippen LogP contribution in [0.25, 0.3) is 0 Å². The standard InChI is InChI=1S/C15H30O/c1-13(2)9-6-7-11-16-12-8-10-15(5)14(3)4/h13-14H,5-12H2,1-4H3. The summed E-state index contributed by atoms with van der Waals surface area (Å²) in [5.41, 5.74) is 1.35. The van der Waals surface area contributed by atoms with Crippen LogP contribution in [0, 0.1) is 11.8 Å². The number of hydrogen-bond acceptors (Lipinski definition) is 1. The molecule has 0 aromatic heterocycles. The Hall–Kier alpha value is -0.300. The summed E-state index contributed by atoms with van der Waals surface area (Å²) < 4.78 is 5.60. The highest BCUT2D eigenvalue weighted by Gasteiger charge is 1.99. The van der Waals surface area contributed by atoms with Crippen molar-refractivity contribution < 1.29 is 4.74 Å². The molecule has 16 heavy (non-hydrogen) atoms. The van der Waals surface area contributed by atoms with Gasteiger partial charge in [-0.05, 0) is 31.1 Å². The van der Waals surface area contributed by atoms with Crippen molar-refractivity contribution in [1.29, 1.82) is 0 Å². The zero-order chi connectivity index (χ0) is 12.4. The van der Waals surface area contributed by atoms with Crippen molar-refractivity contribution in [1.82, 2.24) is 0 Å². The van der Waals surface area contributed by atoms with Gasteiger partial charge in [-0.3, -0.25) is 0 Å². The molecule has 0 heterocycles. The molecule has 1 nitrogen and oxygen atoms in total. The minimum atomic E-state index is 0.617. The molecule has 0 aromatic carbocycles. The predicted molar refractivity (Wildman–Crippen MR) is 72.7 cm³/mol. The zero-order valence-corrected chi connectivity index (χ0v) is 11.7. The van der Waals surface area contributed by atoms with E-state index < -0.39 is 0 Å². The van der Waals surface area contributed by atoms with Gasteiger partial charge in [-0.25, -0.2) is 0 Å². The van der Waals surface area contributed by atoms with Crippen LogP contribution in [0.4, 0.5) is 0 Å². The lowest BCUT2D eigenvalue weighted by Gasteiger charge is -2.09. The molecule has 0 aliphatic heterocycles. The van der Waals surface area contributed by atoms with Gasteiger partial charge in [0.15, 0.2) is 0 Å². The third-order valence-corrected chi connectivity index (χ3v) is 2.92. The van der Waals surface area contributed by atoms with Crippen LogP contribution in [0.1, 0.15) is 59.8 Å². The monoisotopic (exact) mass is 226 g/mol. The van der Waals surface area contributed by atoms with Gasteiger partial charge in [0.25, 0.3) is 0 Å². The van der Waals surface area contributed by atoms with Gasteiger partial charge in [-0.15, -0.1) is 0 Å². The Kier molecular flexibility index (Phi) is 9.71. The minimum absolute atomic E-state index is 0.617. The summed E-state index contributed by atoms with van der Waals surface area (Å²) in [4.78, 5) is 0. The molecule has 0 aromatic rings. The number of rotatable bonds is 10. The molecule has 96 valence electrons. The van der Waals surface area contributed by atoms with E-state index in [9.17, 15) is 0 Å². The molecule has 0 saturated heterocycles. The summed E-state index contributed by atoms with van der Waals surface area (Å²) in [5.74, 6) is 1.44. The number of allylic oxidation sites excluding steroid dienone is 1. The molecular formula is C15H30O. The lowest BCUT2D eigenvalue weighted by atomic mass is 10.0. The van der Waals surface area contributed by atoms with Gasteiger partial charge < -0.3 is 4.74 Å². The van der Waals surface area contributed by atoms with Crippen molar-refractivity contribution in [3.05, 3.63) is 12.2 Å². The van der Waals surface area contributed by atoms with Gasteiger partial charge in [-0.1, -0.05) is 52.7 Å². The van der Waals surface area contributed by atoms with Crippen molar-refractivity contribution in [3.8, 4) is 0 Å². The summed E-state index contributed by atoms with van der Waals surface area (Å²) >= 11 is 0. The Balaban J connectivity index is 3.13. The average molecular weight is 226 g/mol. The van der Waals surface area contributed by atoms with E-state index in [2.05, 4.69) is 34.3 Å². The third-order valence-electron chi connectivity index (χ3n) is 2.92. The highest BCUT2D eigenvalue weighted by molar-refractivity contribution is 4.96. The Morgan fingerprint density at radius 3 is 2.19 bits per heavy atom. The van der Waals surface area contributed by atoms with Crippen LogP contribution in [0.5, 0.6) is 0 Å². The molecule has 1 heteroatoms. The molecule has 0 atom stereocenters. The molecule has 0 aliphatic rings. The molecule has 0 radical (unpaired) electrons. The second kappa shape index (κ2) is 9.89. The van der Waals surface area contributed by atoms with Crippen molar-refractivity contribution in [3.63, 3.8) is 0 Å². The van der Waals surface area contributed by atoms with E-state index >= 15 is 0 Å². The Bertz CT molecular complexity index is 170. The first kappa shape index (κ1) is 15.7. The molecule has 0 bridgehead atoms. The Morgan fingerprint density at radius 1 is 1.00 bits per heavy atom. The highest BCUT2D eigenvalue weighted by atomic mass is 16.5. The lowest BCUT2D eigenvalue weighted by Crippen LogP contribution is -2.00. The van der Waals surface area contributed by atoms with E-state index in [-0.39, 0.29) is 0 Å². The molecular weight excluding hydrogens is 196 g/mol. The highest BCUT2D eigenvalue weighted by Crippen LogP contribution is 2.13. The van der Waals surface area contributed by atoms with Crippen LogP contribution in [0.2, 0.25) is 0 Å². The first-order chi connectivity index (χ1) is 7.54. The quantitative estimate of drug-likeness (QED) is 0.383. The Morgan fingerprint density at radius 2 is 1.62 bits per heavy atom. The van der Waals surface area contributed by atoms with Gasteiger partial charge in [0.05, 0.1) is 0 Å². The molecule has 0 rings (SSSR count). The van der Waals surface area contributed by atoms with E-state index in [4.69, 9.17) is 4.74 Å². The second-order valence-electron chi connectivity index (χ2n) is 5.42. The summed E-state index contributed by atoms with van der Waals surface area (Å²) in [7, 11) is 0. The van der Waals surface area contributed by atoms with E-state index in [0.29, 0.717) is 5.92 Å². The fourth-order valence-corrected chi connectivity index (χ4v) is 1.55. The van der Waals surface area contributed by atoms with Gasteiger partial charge in [0, 0.05) is 13.2 Å². The van der Waals surface area contributed by atoms with E-state index in [0.717, 1.165) is 32.0 Å². The van der Waals surface area contributed by atoms with Crippen molar-refractivity contribution in [2.75, 3.05) is 13.2 Å². The topological polar surface area (TPSA) is 9.23 Å². The fourth-order valence-electron chi connectivity index (χ4n) is 1.55. The summed E-state index contributed by atoms with van der Waals surface area (Å²) in [6, 6.07) is 0. The average Bonchev–Trinajstić information content (AvgIpc) is 2.21. The van der Waals surface area contributed by atoms with Crippen molar-refractivity contribution in [2.24, 2.45) is 11.8 Å². The van der Waals surface area contributed by atoms with Crippen LogP contribution in [-0.4, -0.2) is 13.2 Å². The van der Waals surface area contributed by atoms with Gasteiger partial charge in [0.2, 0.25) is 0 Å². The van der Waals surface area contributed by atoms with Gasteiger partial charge >= 0.3 is 0 Å². The first-order valence-corrected chi connectivity index (χ1v) is 6.79. The largest absolute Gasteiger partial charge is 0.381 e. The van der Waals surface area contributed by atoms with Crippen LogP contribution >= 0.6 is 0 Å². The molecule has 0 amide bonds. The molecule has 0 unspecified atom stereocenters. The summed E-state index contributed by atoms with van der Waals surface area (Å²) in [6.07, 6.45) is 6.08. The van der Waals surface area contributed by atoms with Crippen molar-refractivity contribution >= 4 is 0 Å². The van der Waals surface area contributed by atoms with Gasteiger partial charge in [-0.2, -0.15) is 0 Å². The molecule has 0 spiro atoms. The fraction of sp³-hybridized carbons (Fsp3) is 0.867. The number of unbranched alkanes of at least 4 members (excludes halogenated alkanes) is 1. The summed E-state index contributed by atoms with van der Waals surface area (Å²) in [6.45, 7) is 14.9. The molecule has 0 saturated carbocycles. The van der Waals surface area contributed by atoms with E-state index in [1.165, 1.54) is 24.8 Å². The predicted octanol–water partition coefficient (Wildman–Crippen LogP) is 4.82. The Labute approximate surface area is 102 Å². The first-order valence-electron chi connectivity index (χ1n) is 6.79. The van der Waals surface area contributed by atoms with E-state index in [1.807, 2.05) is 0 Å². The van der Waals surface area contributed by atoms with Crippen LogP contribution < -0.4 is 0 Å². The van der Waals surface area contributed by atoms with Crippen LogP contribution in [0.15, 0.2) is 12.2 Å². The molecule has 0 N–H and O–H groups in total. The second-order valence-corrected chi connectivity index (χ2v) is 5.42.